The molecular weight excluding hydrogens is 358 g/mol. The molecule has 27 heavy (non-hydrogen) atoms. The van der Waals surface area contributed by atoms with Crippen molar-refractivity contribution in [2.45, 2.75) is 19.3 Å². The molecule has 1 saturated carbocycles. The predicted molar refractivity (Wildman–Crippen MR) is 103 cm³/mol. The van der Waals surface area contributed by atoms with Crippen LogP contribution in [0.25, 0.3) is 0 Å². The summed E-state index contributed by atoms with van der Waals surface area (Å²) in [5, 5.41) is 38.7. The third-order valence-corrected chi connectivity index (χ3v) is 5.99. The molecular formula is C21H20ClN5. The third-order valence-electron chi connectivity index (χ3n) is 5.64. The second-order valence-corrected chi connectivity index (χ2v) is 7.47. The summed E-state index contributed by atoms with van der Waals surface area (Å²) in [7, 11) is 0. The van der Waals surface area contributed by atoms with Gasteiger partial charge in [0.2, 0.25) is 5.41 Å². The van der Waals surface area contributed by atoms with Crippen LogP contribution in [0.3, 0.4) is 0 Å². The molecule has 3 rings (SSSR count). The lowest BCUT2D eigenvalue weighted by Crippen LogP contribution is -2.52. The average Bonchev–Trinajstić information content (AvgIpc) is 2.69. The molecule has 1 aliphatic carbocycles. The van der Waals surface area contributed by atoms with Crippen molar-refractivity contribution >= 4 is 17.3 Å². The van der Waals surface area contributed by atoms with Crippen LogP contribution in [0.1, 0.15) is 24.8 Å². The Bertz CT molecular complexity index is 900. The summed E-state index contributed by atoms with van der Waals surface area (Å²) in [6.45, 7) is 4.29. The Morgan fingerprint density at radius 3 is 2.56 bits per heavy atom. The van der Waals surface area contributed by atoms with E-state index in [4.69, 9.17) is 17.0 Å². The Morgan fingerprint density at radius 2 is 1.96 bits per heavy atom. The number of hydrogen-bond donors (Lipinski definition) is 1. The summed E-state index contributed by atoms with van der Waals surface area (Å²) in [6, 6.07) is 13.7. The predicted octanol–water partition coefficient (Wildman–Crippen LogP) is 3.90. The van der Waals surface area contributed by atoms with Gasteiger partial charge in [-0.15, -0.1) is 0 Å². The highest BCUT2D eigenvalue weighted by atomic mass is 35.5. The minimum absolute atomic E-state index is 0.133. The molecule has 0 aromatic heterocycles. The minimum atomic E-state index is -1.67. The highest BCUT2D eigenvalue weighted by Crippen LogP contribution is 2.53. The summed E-state index contributed by atoms with van der Waals surface area (Å²) in [5.41, 5.74) is -0.344. The van der Waals surface area contributed by atoms with Gasteiger partial charge in [-0.3, -0.25) is 4.90 Å². The molecule has 1 heterocycles. The Hall–Kier alpha value is -2.65. The molecule has 0 radical (unpaired) electrons. The summed E-state index contributed by atoms with van der Waals surface area (Å²) in [6.07, 6.45) is 2.91. The first-order chi connectivity index (χ1) is 13.0. The standard InChI is InChI=1S/C21H20ClN5/c1-2-8-27-9-7-17-16(11-27)19(14-5-3-4-6-18(14)22)15(10-23)20(26)21(17,12-24)13-25/h3-7,15-16,19,26H,2,8-9,11H2,1H3/t15-,16-,19+/m0/s1. The number of fused-ring (bicyclic) bond motifs is 1. The summed E-state index contributed by atoms with van der Waals surface area (Å²) in [5.74, 6) is -1.42. The lowest BCUT2D eigenvalue weighted by Gasteiger charge is -2.47. The van der Waals surface area contributed by atoms with Gasteiger partial charge >= 0.3 is 0 Å². The fraction of sp³-hybridized carbons (Fsp3) is 0.429. The van der Waals surface area contributed by atoms with Gasteiger partial charge in [0.05, 0.1) is 29.8 Å². The van der Waals surface area contributed by atoms with Gasteiger partial charge in [-0.2, -0.15) is 15.8 Å². The van der Waals surface area contributed by atoms with Crippen LogP contribution >= 0.6 is 11.6 Å². The van der Waals surface area contributed by atoms with Crippen molar-refractivity contribution in [2.75, 3.05) is 19.6 Å². The van der Waals surface area contributed by atoms with Gasteiger partial charge < -0.3 is 5.41 Å². The van der Waals surface area contributed by atoms with Crippen molar-refractivity contribution in [2.24, 2.45) is 17.3 Å². The molecule has 0 amide bonds. The number of benzene rings is 1. The van der Waals surface area contributed by atoms with Crippen molar-refractivity contribution in [3.63, 3.8) is 0 Å². The van der Waals surface area contributed by atoms with Crippen LogP contribution in [-0.2, 0) is 0 Å². The van der Waals surface area contributed by atoms with Gasteiger partial charge in [0.15, 0.2) is 0 Å². The van der Waals surface area contributed by atoms with Gasteiger partial charge in [-0.05, 0) is 30.2 Å². The van der Waals surface area contributed by atoms with Gasteiger partial charge in [0.25, 0.3) is 0 Å². The first kappa shape index (κ1) is 19.1. The Labute approximate surface area is 164 Å². The largest absolute Gasteiger partial charge is 0.305 e. The Morgan fingerprint density at radius 1 is 1.26 bits per heavy atom. The lowest BCUT2D eigenvalue weighted by atomic mass is 9.55. The topological polar surface area (TPSA) is 98.5 Å². The number of rotatable bonds is 3. The SMILES string of the molecule is CCCN1CC=C2[C@H](C1)[C@H](c1ccccc1Cl)[C@H](C#N)C(=N)C2(C#N)C#N. The molecule has 0 spiro atoms. The van der Waals surface area contributed by atoms with E-state index < -0.39 is 11.3 Å². The highest BCUT2D eigenvalue weighted by molar-refractivity contribution is 6.31. The van der Waals surface area contributed by atoms with Crippen LogP contribution in [0.5, 0.6) is 0 Å². The van der Waals surface area contributed by atoms with Crippen molar-refractivity contribution in [3.8, 4) is 18.2 Å². The molecule has 0 bridgehead atoms. The summed E-state index contributed by atoms with van der Waals surface area (Å²) < 4.78 is 0. The first-order valence-electron chi connectivity index (χ1n) is 9.02. The average molecular weight is 378 g/mol. The van der Waals surface area contributed by atoms with E-state index in [1.54, 1.807) is 6.07 Å². The number of nitrogens with zero attached hydrogens (tertiary/aromatic N) is 4. The molecule has 1 aliphatic heterocycles. The van der Waals surface area contributed by atoms with E-state index in [2.05, 4.69) is 30.0 Å². The molecule has 0 unspecified atom stereocenters. The summed E-state index contributed by atoms with van der Waals surface area (Å²) in [4.78, 5) is 2.26. The van der Waals surface area contributed by atoms with E-state index >= 15 is 0 Å². The van der Waals surface area contributed by atoms with Crippen molar-refractivity contribution in [1.82, 2.24) is 4.90 Å². The third kappa shape index (κ3) is 2.92. The zero-order chi connectivity index (χ0) is 19.6. The van der Waals surface area contributed by atoms with E-state index in [0.717, 1.165) is 18.5 Å². The zero-order valence-electron chi connectivity index (χ0n) is 15.1. The number of nitrogens with one attached hydrogen (secondary N) is 1. The van der Waals surface area contributed by atoms with E-state index in [1.165, 1.54) is 0 Å². The normalized spacial score (nSPS) is 26.9. The van der Waals surface area contributed by atoms with Crippen molar-refractivity contribution in [1.29, 1.82) is 21.2 Å². The molecule has 1 N–H and O–H groups in total. The second-order valence-electron chi connectivity index (χ2n) is 7.07. The molecule has 0 saturated heterocycles. The quantitative estimate of drug-likeness (QED) is 0.807. The van der Waals surface area contributed by atoms with E-state index in [-0.39, 0.29) is 17.5 Å². The van der Waals surface area contributed by atoms with Crippen LogP contribution in [0.2, 0.25) is 5.02 Å². The smallest absolute Gasteiger partial charge is 0.203 e. The summed E-state index contributed by atoms with van der Waals surface area (Å²) >= 11 is 6.45. The second kappa shape index (κ2) is 7.53. The molecule has 1 fully saturated rings. The van der Waals surface area contributed by atoms with Crippen LogP contribution in [0, 0.1) is 56.7 Å². The highest BCUT2D eigenvalue weighted by Gasteiger charge is 2.56. The monoisotopic (exact) mass is 377 g/mol. The molecule has 2 aliphatic rings. The van der Waals surface area contributed by atoms with Gasteiger partial charge in [0, 0.05) is 29.9 Å². The fourth-order valence-corrected chi connectivity index (χ4v) is 4.69. The molecule has 5 nitrogen and oxygen atoms in total. The molecule has 6 heteroatoms. The molecule has 3 atom stereocenters. The maximum atomic E-state index is 9.88. The first-order valence-corrected chi connectivity index (χ1v) is 9.40. The maximum absolute atomic E-state index is 9.88. The van der Waals surface area contributed by atoms with Crippen LogP contribution in [0.15, 0.2) is 35.9 Å². The number of nitriles is 3. The number of hydrogen-bond acceptors (Lipinski definition) is 5. The molecule has 1 aromatic carbocycles. The van der Waals surface area contributed by atoms with Crippen LogP contribution in [0.4, 0.5) is 0 Å². The fourth-order valence-electron chi connectivity index (χ4n) is 4.43. The van der Waals surface area contributed by atoms with E-state index in [1.807, 2.05) is 24.3 Å². The molecule has 1 aromatic rings. The van der Waals surface area contributed by atoms with Gasteiger partial charge in [-0.1, -0.05) is 42.8 Å². The van der Waals surface area contributed by atoms with Gasteiger partial charge in [0.1, 0.15) is 0 Å². The Balaban J connectivity index is 2.21. The number of halogens is 1. The van der Waals surface area contributed by atoms with Gasteiger partial charge in [-0.25, -0.2) is 0 Å². The molecule has 136 valence electrons. The Kier molecular flexibility index (Phi) is 5.33. The van der Waals surface area contributed by atoms with Crippen LogP contribution < -0.4 is 0 Å². The van der Waals surface area contributed by atoms with E-state index in [9.17, 15) is 15.8 Å². The van der Waals surface area contributed by atoms with Crippen molar-refractivity contribution in [3.05, 3.63) is 46.5 Å². The zero-order valence-corrected chi connectivity index (χ0v) is 15.9. The minimum Gasteiger partial charge on any atom is -0.305 e. The maximum Gasteiger partial charge on any atom is 0.203 e. The van der Waals surface area contributed by atoms with Crippen LogP contribution in [-0.4, -0.2) is 30.2 Å². The van der Waals surface area contributed by atoms with Crippen molar-refractivity contribution < 1.29 is 0 Å². The van der Waals surface area contributed by atoms with E-state index in [0.29, 0.717) is 23.7 Å². The lowest BCUT2D eigenvalue weighted by molar-refractivity contribution is 0.210.